The van der Waals surface area contributed by atoms with E-state index in [1.807, 2.05) is 0 Å². The predicted molar refractivity (Wildman–Crippen MR) is 78.8 cm³/mol. The number of hydrogen-bond donors (Lipinski definition) is 1. The van der Waals surface area contributed by atoms with E-state index in [0.717, 1.165) is 29.5 Å². The topological polar surface area (TPSA) is 24.9 Å². The summed E-state index contributed by atoms with van der Waals surface area (Å²) in [5.41, 5.74) is 5.37. The SMILES string of the molecule is CCNCc1c2c(nc3c(Br)cccc13)CCC2. The molecule has 0 aliphatic heterocycles. The smallest absolute Gasteiger partial charge is 0.0850 e. The van der Waals surface area contributed by atoms with E-state index in [-0.39, 0.29) is 0 Å². The van der Waals surface area contributed by atoms with Crippen molar-refractivity contribution in [1.29, 1.82) is 0 Å². The Bertz CT molecular complexity index is 593. The van der Waals surface area contributed by atoms with E-state index in [1.165, 1.54) is 35.0 Å². The van der Waals surface area contributed by atoms with Crippen molar-refractivity contribution in [1.82, 2.24) is 10.3 Å². The lowest BCUT2D eigenvalue weighted by Crippen LogP contribution is -2.14. The lowest BCUT2D eigenvalue weighted by molar-refractivity contribution is 0.724. The van der Waals surface area contributed by atoms with E-state index in [2.05, 4.69) is 46.4 Å². The van der Waals surface area contributed by atoms with Crippen LogP contribution in [0, 0.1) is 0 Å². The number of aromatic nitrogens is 1. The highest BCUT2D eigenvalue weighted by atomic mass is 79.9. The molecule has 0 bridgehead atoms. The largest absolute Gasteiger partial charge is 0.313 e. The minimum atomic E-state index is 0.953. The summed E-state index contributed by atoms with van der Waals surface area (Å²) >= 11 is 3.62. The highest BCUT2D eigenvalue weighted by molar-refractivity contribution is 9.10. The first-order chi connectivity index (χ1) is 8.81. The van der Waals surface area contributed by atoms with Crippen LogP contribution in [-0.4, -0.2) is 11.5 Å². The Kier molecular flexibility index (Phi) is 3.35. The van der Waals surface area contributed by atoms with E-state index in [1.54, 1.807) is 0 Å². The van der Waals surface area contributed by atoms with Crippen LogP contribution in [0.4, 0.5) is 0 Å². The summed E-state index contributed by atoms with van der Waals surface area (Å²) in [6.45, 7) is 4.11. The molecule has 1 heterocycles. The van der Waals surface area contributed by atoms with Crippen LogP contribution in [0.15, 0.2) is 22.7 Å². The van der Waals surface area contributed by atoms with Crippen molar-refractivity contribution < 1.29 is 0 Å². The molecule has 3 rings (SSSR count). The van der Waals surface area contributed by atoms with Crippen LogP contribution in [0.1, 0.15) is 30.2 Å². The summed E-state index contributed by atoms with van der Waals surface area (Å²) in [5.74, 6) is 0. The van der Waals surface area contributed by atoms with E-state index in [0.29, 0.717) is 0 Å². The highest BCUT2D eigenvalue weighted by Crippen LogP contribution is 2.32. The van der Waals surface area contributed by atoms with Crippen LogP contribution in [0.25, 0.3) is 10.9 Å². The molecule has 3 heteroatoms. The van der Waals surface area contributed by atoms with E-state index < -0.39 is 0 Å². The Morgan fingerprint density at radius 1 is 1.33 bits per heavy atom. The molecule has 0 saturated heterocycles. The standard InChI is InChI=1S/C15H17BrN2/c1-2-17-9-12-10-5-4-8-14(10)18-15-11(12)6-3-7-13(15)16/h3,6-7,17H,2,4-5,8-9H2,1H3. The number of fused-ring (bicyclic) bond motifs is 2. The molecule has 0 spiro atoms. The number of para-hydroxylation sites is 1. The Labute approximate surface area is 116 Å². The molecule has 0 unspecified atom stereocenters. The maximum absolute atomic E-state index is 4.85. The molecule has 0 saturated carbocycles. The first-order valence-corrected chi connectivity index (χ1v) is 7.40. The summed E-state index contributed by atoms with van der Waals surface area (Å²) in [4.78, 5) is 4.85. The fourth-order valence-electron chi connectivity index (χ4n) is 2.80. The van der Waals surface area contributed by atoms with Crippen molar-refractivity contribution in [3.8, 4) is 0 Å². The Morgan fingerprint density at radius 2 is 2.22 bits per heavy atom. The molecular formula is C15H17BrN2. The first kappa shape index (κ1) is 12.1. The molecule has 1 aliphatic carbocycles. The van der Waals surface area contributed by atoms with Crippen LogP contribution >= 0.6 is 15.9 Å². The maximum Gasteiger partial charge on any atom is 0.0850 e. The molecule has 0 atom stereocenters. The second kappa shape index (κ2) is 4.98. The van der Waals surface area contributed by atoms with Gasteiger partial charge in [0.15, 0.2) is 0 Å². The molecule has 1 N–H and O–H groups in total. The van der Waals surface area contributed by atoms with Gasteiger partial charge in [0.05, 0.1) is 5.52 Å². The Hall–Kier alpha value is -0.930. The number of hydrogen-bond acceptors (Lipinski definition) is 2. The van der Waals surface area contributed by atoms with Gasteiger partial charge in [-0.25, -0.2) is 0 Å². The molecule has 1 aromatic heterocycles. The number of aryl methyl sites for hydroxylation is 1. The van der Waals surface area contributed by atoms with Crippen LogP contribution in [-0.2, 0) is 19.4 Å². The fourth-order valence-corrected chi connectivity index (χ4v) is 3.25. The number of rotatable bonds is 3. The van der Waals surface area contributed by atoms with Gasteiger partial charge in [0.1, 0.15) is 0 Å². The minimum absolute atomic E-state index is 0.953. The lowest BCUT2D eigenvalue weighted by Gasteiger charge is -2.13. The molecule has 18 heavy (non-hydrogen) atoms. The van der Waals surface area contributed by atoms with Crippen LogP contribution in [0.3, 0.4) is 0 Å². The van der Waals surface area contributed by atoms with Gasteiger partial charge in [-0.15, -0.1) is 0 Å². The third kappa shape index (κ3) is 1.95. The van der Waals surface area contributed by atoms with Crippen molar-refractivity contribution in [3.05, 3.63) is 39.5 Å². The van der Waals surface area contributed by atoms with Gasteiger partial charge in [-0.05, 0) is 58.9 Å². The average Bonchev–Trinajstić information content (AvgIpc) is 2.83. The van der Waals surface area contributed by atoms with Gasteiger partial charge in [0, 0.05) is 22.1 Å². The monoisotopic (exact) mass is 304 g/mol. The minimum Gasteiger partial charge on any atom is -0.313 e. The summed E-state index contributed by atoms with van der Waals surface area (Å²) in [6.07, 6.45) is 3.56. The summed E-state index contributed by atoms with van der Waals surface area (Å²) in [7, 11) is 0. The van der Waals surface area contributed by atoms with Crippen LogP contribution in [0.2, 0.25) is 0 Å². The second-order valence-corrected chi connectivity index (χ2v) is 5.64. The van der Waals surface area contributed by atoms with Gasteiger partial charge >= 0.3 is 0 Å². The first-order valence-electron chi connectivity index (χ1n) is 6.61. The van der Waals surface area contributed by atoms with Crippen molar-refractivity contribution >= 4 is 26.8 Å². The molecular weight excluding hydrogens is 288 g/mol. The zero-order valence-electron chi connectivity index (χ0n) is 10.6. The average molecular weight is 305 g/mol. The predicted octanol–water partition coefficient (Wildman–Crippen LogP) is 3.60. The van der Waals surface area contributed by atoms with Gasteiger partial charge in [-0.2, -0.15) is 0 Å². The zero-order chi connectivity index (χ0) is 12.5. The van der Waals surface area contributed by atoms with Crippen molar-refractivity contribution in [2.75, 3.05) is 6.54 Å². The Morgan fingerprint density at radius 3 is 3.06 bits per heavy atom. The van der Waals surface area contributed by atoms with Crippen LogP contribution in [0.5, 0.6) is 0 Å². The number of benzene rings is 1. The molecule has 2 aromatic rings. The van der Waals surface area contributed by atoms with E-state index >= 15 is 0 Å². The number of pyridine rings is 1. The molecule has 1 aromatic carbocycles. The Balaban J connectivity index is 2.25. The molecule has 1 aliphatic rings. The molecule has 0 amide bonds. The van der Waals surface area contributed by atoms with Crippen molar-refractivity contribution in [2.45, 2.75) is 32.7 Å². The van der Waals surface area contributed by atoms with Gasteiger partial charge in [-0.1, -0.05) is 19.1 Å². The van der Waals surface area contributed by atoms with Crippen molar-refractivity contribution in [2.24, 2.45) is 0 Å². The second-order valence-electron chi connectivity index (χ2n) is 4.79. The quantitative estimate of drug-likeness (QED) is 0.937. The van der Waals surface area contributed by atoms with Gasteiger partial charge < -0.3 is 5.32 Å². The molecule has 94 valence electrons. The maximum atomic E-state index is 4.85. The highest BCUT2D eigenvalue weighted by Gasteiger charge is 2.19. The number of nitrogens with zero attached hydrogens (tertiary/aromatic N) is 1. The van der Waals surface area contributed by atoms with Gasteiger partial charge in [0.25, 0.3) is 0 Å². The van der Waals surface area contributed by atoms with Gasteiger partial charge in [-0.3, -0.25) is 4.98 Å². The summed E-state index contributed by atoms with van der Waals surface area (Å²) in [6, 6.07) is 6.37. The van der Waals surface area contributed by atoms with Crippen molar-refractivity contribution in [3.63, 3.8) is 0 Å². The molecule has 2 nitrogen and oxygen atoms in total. The zero-order valence-corrected chi connectivity index (χ0v) is 12.2. The lowest BCUT2D eigenvalue weighted by atomic mass is 10.0. The van der Waals surface area contributed by atoms with E-state index in [4.69, 9.17) is 4.98 Å². The number of nitrogens with one attached hydrogen (secondary N) is 1. The third-order valence-corrected chi connectivity index (χ3v) is 4.30. The number of halogens is 1. The van der Waals surface area contributed by atoms with Crippen LogP contribution < -0.4 is 5.32 Å². The normalized spacial score (nSPS) is 14.1. The van der Waals surface area contributed by atoms with Gasteiger partial charge in [0.2, 0.25) is 0 Å². The molecule has 0 radical (unpaired) electrons. The third-order valence-electron chi connectivity index (χ3n) is 3.66. The molecule has 0 fully saturated rings. The fraction of sp³-hybridized carbons (Fsp3) is 0.400. The summed E-state index contributed by atoms with van der Waals surface area (Å²) in [5, 5.41) is 4.76. The summed E-state index contributed by atoms with van der Waals surface area (Å²) < 4.78 is 1.10. The van der Waals surface area contributed by atoms with E-state index in [9.17, 15) is 0 Å².